The van der Waals surface area contributed by atoms with E-state index < -0.39 is 0 Å². The lowest BCUT2D eigenvalue weighted by molar-refractivity contribution is 0.220. The third kappa shape index (κ3) is 3.60. The molecule has 0 saturated carbocycles. The molecule has 0 aliphatic carbocycles. The highest BCUT2D eigenvalue weighted by molar-refractivity contribution is 4.90. The first-order chi connectivity index (χ1) is 7.17. The number of likely N-dealkylation sites (N-methyl/N-ethyl adjacent to an activating group) is 1. The SMILES string of the molecule is CCN(CCn1cc(CN)nn1)C(C)C. The highest BCUT2D eigenvalue weighted by Crippen LogP contribution is 1.98. The lowest BCUT2D eigenvalue weighted by atomic mass is 10.3. The van der Waals surface area contributed by atoms with Crippen LogP contribution in [0.1, 0.15) is 26.5 Å². The molecule has 0 saturated heterocycles. The van der Waals surface area contributed by atoms with Crippen molar-refractivity contribution in [2.45, 2.75) is 39.9 Å². The van der Waals surface area contributed by atoms with Crippen LogP contribution in [0.2, 0.25) is 0 Å². The maximum atomic E-state index is 5.47. The summed E-state index contributed by atoms with van der Waals surface area (Å²) in [5.41, 5.74) is 6.32. The van der Waals surface area contributed by atoms with E-state index in [-0.39, 0.29) is 0 Å². The van der Waals surface area contributed by atoms with Gasteiger partial charge in [0.2, 0.25) is 0 Å². The fourth-order valence-corrected chi connectivity index (χ4v) is 1.55. The summed E-state index contributed by atoms with van der Waals surface area (Å²) >= 11 is 0. The molecule has 15 heavy (non-hydrogen) atoms. The van der Waals surface area contributed by atoms with E-state index in [1.165, 1.54) is 0 Å². The zero-order chi connectivity index (χ0) is 11.3. The molecule has 0 amide bonds. The van der Waals surface area contributed by atoms with E-state index >= 15 is 0 Å². The van der Waals surface area contributed by atoms with Crippen molar-refractivity contribution in [2.24, 2.45) is 5.73 Å². The molecule has 0 atom stereocenters. The van der Waals surface area contributed by atoms with Crippen molar-refractivity contribution >= 4 is 0 Å². The van der Waals surface area contributed by atoms with E-state index in [1.807, 2.05) is 10.9 Å². The van der Waals surface area contributed by atoms with Gasteiger partial charge in [0, 0.05) is 25.3 Å². The molecule has 0 unspecified atom stereocenters. The minimum atomic E-state index is 0.460. The van der Waals surface area contributed by atoms with Gasteiger partial charge in [-0.2, -0.15) is 0 Å². The monoisotopic (exact) mass is 211 g/mol. The van der Waals surface area contributed by atoms with Gasteiger partial charge in [0.05, 0.1) is 12.2 Å². The molecule has 1 heterocycles. The summed E-state index contributed by atoms with van der Waals surface area (Å²) in [6, 6.07) is 0.576. The Balaban J connectivity index is 2.41. The van der Waals surface area contributed by atoms with Crippen LogP contribution in [0, 0.1) is 0 Å². The smallest absolute Gasteiger partial charge is 0.0962 e. The lowest BCUT2D eigenvalue weighted by Crippen LogP contribution is -2.33. The zero-order valence-corrected chi connectivity index (χ0v) is 9.85. The van der Waals surface area contributed by atoms with Gasteiger partial charge in [-0.25, -0.2) is 0 Å². The normalized spacial score (nSPS) is 11.6. The predicted molar refractivity (Wildman–Crippen MR) is 60.3 cm³/mol. The van der Waals surface area contributed by atoms with Crippen molar-refractivity contribution in [2.75, 3.05) is 13.1 Å². The quantitative estimate of drug-likeness (QED) is 0.743. The Hall–Kier alpha value is -0.940. The Morgan fingerprint density at radius 1 is 1.53 bits per heavy atom. The van der Waals surface area contributed by atoms with Gasteiger partial charge >= 0.3 is 0 Å². The highest BCUT2D eigenvalue weighted by Gasteiger charge is 2.07. The summed E-state index contributed by atoms with van der Waals surface area (Å²) in [5, 5.41) is 7.97. The second-order valence-electron chi connectivity index (χ2n) is 3.90. The van der Waals surface area contributed by atoms with E-state index in [9.17, 15) is 0 Å². The second-order valence-corrected chi connectivity index (χ2v) is 3.90. The Bertz CT molecular complexity index is 281. The van der Waals surface area contributed by atoms with Crippen LogP contribution in [0.3, 0.4) is 0 Å². The van der Waals surface area contributed by atoms with Gasteiger partial charge < -0.3 is 5.73 Å². The first kappa shape index (κ1) is 12.1. The summed E-state index contributed by atoms with van der Waals surface area (Å²) < 4.78 is 1.85. The number of hydrogen-bond donors (Lipinski definition) is 1. The predicted octanol–water partition coefficient (Wildman–Crippen LogP) is 0.467. The lowest BCUT2D eigenvalue weighted by Gasteiger charge is -2.24. The molecule has 1 rings (SSSR count). The van der Waals surface area contributed by atoms with Crippen molar-refractivity contribution in [3.05, 3.63) is 11.9 Å². The molecule has 5 nitrogen and oxygen atoms in total. The highest BCUT2D eigenvalue weighted by atomic mass is 15.4. The first-order valence-electron chi connectivity index (χ1n) is 5.50. The minimum absolute atomic E-state index is 0.460. The van der Waals surface area contributed by atoms with E-state index in [0.717, 1.165) is 25.3 Å². The van der Waals surface area contributed by atoms with Crippen molar-refractivity contribution in [3.8, 4) is 0 Å². The molecule has 5 heteroatoms. The van der Waals surface area contributed by atoms with Gasteiger partial charge in [0.15, 0.2) is 0 Å². The Labute approximate surface area is 91.2 Å². The third-order valence-corrected chi connectivity index (χ3v) is 2.55. The number of aromatic nitrogens is 3. The van der Waals surface area contributed by atoms with Crippen LogP contribution in [0.25, 0.3) is 0 Å². The Morgan fingerprint density at radius 2 is 2.27 bits per heavy atom. The van der Waals surface area contributed by atoms with Gasteiger partial charge in [0.25, 0.3) is 0 Å². The van der Waals surface area contributed by atoms with Gasteiger partial charge in [0.1, 0.15) is 0 Å². The topological polar surface area (TPSA) is 60.0 Å². The van der Waals surface area contributed by atoms with Crippen molar-refractivity contribution in [1.82, 2.24) is 19.9 Å². The van der Waals surface area contributed by atoms with Crippen LogP contribution in [0.5, 0.6) is 0 Å². The second kappa shape index (κ2) is 5.82. The van der Waals surface area contributed by atoms with Crippen LogP contribution < -0.4 is 5.73 Å². The molecular formula is C10H21N5. The van der Waals surface area contributed by atoms with Crippen molar-refractivity contribution < 1.29 is 0 Å². The molecule has 1 aromatic heterocycles. The van der Waals surface area contributed by atoms with Crippen molar-refractivity contribution in [3.63, 3.8) is 0 Å². The van der Waals surface area contributed by atoms with E-state index in [0.29, 0.717) is 12.6 Å². The average molecular weight is 211 g/mol. The minimum Gasteiger partial charge on any atom is -0.325 e. The number of rotatable bonds is 6. The first-order valence-corrected chi connectivity index (χ1v) is 5.50. The molecule has 0 bridgehead atoms. The molecule has 0 radical (unpaired) electrons. The average Bonchev–Trinajstić information content (AvgIpc) is 2.66. The maximum Gasteiger partial charge on any atom is 0.0962 e. The summed E-state index contributed by atoms with van der Waals surface area (Å²) in [6.45, 7) is 9.98. The van der Waals surface area contributed by atoms with Gasteiger partial charge in [-0.1, -0.05) is 12.1 Å². The summed E-state index contributed by atoms with van der Waals surface area (Å²) in [4.78, 5) is 2.39. The Kier molecular flexibility index (Phi) is 4.71. The standard InChI is InChI=1S/C10H21N5/c1-4-14(9(2)3)5-6-15-8-10(7-11)12-13-15/h8-9H,4-7,11H2,1-3H3. The van der Waals surface area contributed by atoms with Crippen LogP contribution in [0.4, 0.5) is 0 Å². The van der Waals surface area contributed by atoms with Gasteiger partial charge in [-0.15, -0.1) is 5.10 Å². The van der Waals surface area contributed by atoms with Crippen LogP contribution >= 0.6 is 0 Å². The molecule has 86 valence electrons. The summed E-state index contributed by atoms with van der Waals surface area (Å²) in [5.74, 6) is 0. The summed E-state index contributed by atoms with van der Waals surface area (Å²) in [6.07, 6.45) is 1.91. The van der Waals surface area contributed by atoms with Crippen LogP contribution in [-0.4, -0.2) is 39.0 Å². The molecule has 0 spiro atoms. The Morgan fingerprint density at radius 3 is 2.73 bits per heavy atom. The molecular weight excluding hydrogens is 190 g/mol. The molecule has 0 aliphatic heterocycles. The van der Waals surface area contributed by atoms with Crippen molar-refractivity contribution in [1.29, 1.82) is 0 Å². The molecule has 2 N–H and O–H groups in total. The van der Waals surface area contributed by atoms with E-state index in [4.69, 9.17) is 5.73 Å². The zero-order valence-electron chi connectivity index (χ0n) is 9.85. The number of nitrogens with two attached hydrogens (primary N) is 1. The maximum absolute atomic E-state index is 5.47. The third-order valence-electron chi connectivity index (χ3n) is 2.55. The fraction of sp³-hybridized carbons (Fsp3) is 0.800. The van der Waals surface area contributed by atoms with Crippen LogP contribution in [-0.2, 0) is 13.1 Å². The van der Waals surface area contributed by atoms with E-state index in [2.05, 4.69) is 36.0 Å². The van der Waals surface area contributed by atoms with Crippen LogP contribution in [0.15, 0.2) is 6.20 Å². The van der Waals surface area contributed by atoms with Gasteiger partial charge in [-0.3, -0.25) is 9.58 Å². The number of hydrogen-bond acceptors (Lipinski definition) is 4. The molecule has 0 fully saturated rings. The van der Waals surface area contributed by atoms with Gasteiger partial charge in [-0.05, 0) is 20.4 Å². The summed E-state index contributed by atoms with van der Waals surface area (Å²) in [7, 11) is 0. The largest absolute Gasteiger partial charge is 0.325 e. The number of nitrogens with zero attached hydrogens (tertiary/aromatic N) is 4. The molecule has 0 aromatic carbocycles. The fourth-order valence-electron chi connectivity index (χ4n) is 1.55. The molecule has 1 aromatic rings. The molecule has 0 aliphatic rings. The van der Waals surface area contributed by atoms with E-state index in [1.54, 1.807) is 0 Å².